The summed E-state index contributed by atoms with van der Waals surface area (Å²) in [5.41, 5.74) is 2.77. The molecule has 3 rings (SSSR count). The molecule has 1 aliphatic carbocycles. The van der Waals surface area contributed by atoms with E-state index in [1.165, 1.54) is 4.90 Å². The first-order chi connectivity index (χ1) is 9.44. The molecule has 0 spiro atoms. The first-order valence-corrected chi connectivity index (χ1v) is 7.95. The SMILES string of the molecule is CC1(C)C=Cc2cccc3c2C(=C1)C(=O)N(CI)C3=O. The van der Waals surface area contributed by atoms with E-state index >= 15 is 0 Å². The Kier molecular flexibility index (Phi) is 3.08. The minimum absolute atomic E-state index is 0.193. The Morgan fingerprint density at radius 3 is 2.65 bits per heavy atom. The molecule has 0 unspecified atom stereocenters. The molecule has 0 atom stereocenters. The number of carbonyl (C=O) groups excluding carboxylic acids is 2. The van der Waals surface area contributed by atoms with Gasteiger partial charge in [-0.05, 0) is 11.6 Å². The summed E-state index contributed by atoms with van der Waals surface area (Å²) in [6, 6.07) is 5.62. The lowest BCUT2D eigenvalue weighted by Gasteiger charge is -2.28. The van der Waals surface area contributed by atoms with Crippen LogP contribution in [-0.2, 0) is 4.79 Å². The molecule has 1 aromatic rings. The van der Waals surface area contributed by atoms with Crippen molar-refractivity contribution in [1.29, 1.82) is 0 Å². The van der Waals surface area contributed by atoms with E-state index < -0.39 is 0 Å². The Labute approximate surface area is 131 Å². The van der Waals surface area contributed by atoms with Gasteiger partial charge in [0.15, 0.2) is 0 Å². The molecule has 0 saturated carbocycles. The monoisotopic (exact) mass is 379 g/mol. The number of alkyl halides is 1. The summed E-state index contributed by atoms with van der Waals surface area (Å²) in [4.78, 5) is 26.3. The summed E-state index contributed by atoms with van der Waals surface area (Å²) in [5, 5.41) is 0. The molecule has 20 heavy (non-hydrogen) atoms. The highest BCUT2D eigenvalue weighted by atomic mass is 127. The lowest BCUT2D eigenvalue weighted by Crippen LogP contribution is -2.41. The Hall–Kier alpha value is -1.43. The molecule has 0 bridgehead atoms. The molecule has 0 fully saturated rings. The third-order valence-corrected chi connectivity index (χ3v) is 4.33. The predicted molar refractivity (Wildman–Crippen MR) is 87.3 cm³/mol. The summed E-state index contributed by atoms with van der Waals surface area (Å²) in [7, 11) is 0. The van der Waals surface area contributed by atoms with Gasteiger partial charge in [0.1, 0.15) is 0 Å². The number of hydrogen-bond donors (Lipinski definition) is 0. The third-order valence-electron chi connectivity index (χ3n) is 3.65. The Morgan fingerprint density at radius 1 is 1.20 bits per heavy atom. The van der Waals surface area contributed by atoms with Crippen molar-refractivity contribution in [2.45, 2.75) is 13.8 Å². The lowest BCUT2D eigenvalue weighted by molar-refractivity contribution is -0.122. The Bertz CT molecular complexity index is 686. The van der Waals surface area contributed by atoms with Crippen molar-refractivity contribution in [2.75, 3.05) is 4.55 Å². The number of hydrogen-bond acceptors (Lipinski definition) is 2. The maximum absolute atomic E-state index is 12.6. The fraction of sp³-hybridized carbons (Fsp3) is 0.250. The number of rotatable bonds is 1. The Morgan fingerprint density at radius 2 is 1.95 bits per heavy atom. The number of imide groups is 1. The van der Waals surface area contributed by atoms with Crippen molar-refractivity contribution in [1.82, 2.24) is 4.90 Å². The van der Waals surface area contributed by atoms with Crippen LogP contribution in [0.3, 0.4) is 0 Å². The molecule has 2 amide bonds. The van der Waals surface area contributed by atoms with Gasteiger partial charge in [-0.3, -0.25) is 14.5 Å². The molecule has 0 aromatic heterocycles. The fourth-order valence-electron chi connectivity index (χ4n) is 2.64. The van der Waals surface area contributed by atoms with Crippen molar-refractivity contribution in [3.8, 4) is 0 Å². The van der Waals surface area contributed by atoms with Crippen molar-refractivity contribution in [3.63, 3.8) is 0 Å². The first-order valence-electron chi connectivity index (χ1n) is 6.42. The van der Waals surface area contributed by atoms with Crippen molar-refractivity contribution < 1.29 is 9.59 Å². The zero-order chi connectivity index (χ0) is 14.5. The van der Waals surface area contributed by atoms with E-state index in [1.54, 1.807) is 6.07 Å². The number of carbonyl (C=O) groups is 2. The minimum Gasteiger partial charge on any atom is -0.269 e. The second-order valence-corrected chi connectivity index (χ2v) is 6.32. The van der Waals surface area contributed by atoms with Gasteiger partial charge in [0.2, 0.25) is 0 Å². The van der Waals surface area contributed by atoms with E-state index in [-0.39, 0.29) is 17.2 Å². The first kappa shape index (κ1) is 13.5. The number of benzene rings is 1. The van der Waals surface area contributed by atoms with Crippen LogP contribution in [-0.4, -0.2) is 21.3 Å². The maximum Gasteiger partial charge on any atom is 0.262 e. The van der Waals surface area contributed by atoms with Gasteiger partial charge < -0.3 is 0 Å². The molecule has 2 aliphatic rings. The van der Waals surface area contributed by atoms with Gasteiger partial charge in [-0.15, -0.1) is 0 Å². The van der Waals surface area contributed by atoms with Crippen LogP contribution in [0.1, 0.15) is 35.3 Å². The smallest absolute Gasteiger partial charge is 0.262 e. The summed E-state index contributed by atoms with van der Waals surface area (Å²) >= 11 is 2.05. The number of nitrogens with zero attached hydrogens (tertiary/aromatic N) is 1. The third kappa shape index (κ3) is 1.93. The highest BCUT2D eigenvalue weighted by Gasteiger charge is 2.37. The zero-order valence-electron chi connectivity index (χ0n) is 11.3. The zero-order valence-corrected chi connectivity index (χ0v) is 13.5. The van der Waals surface area contributed by atoms with E-state index in [4.69, 9.17) is 0 Å². The molecule has 1 aromatic carbocycles. The van der Waals surface area contributed by atoms with Gasteiger partial charge in [0.25, 0.3) is 11.8 Å². The van der Waals surface area contributed by atoms with Crippen LogP contribution in [0.25, 0.3) is 11.6 Å². The average Bonchev–Trinajstić information content (AvgIpc) is 2.55. The number of allylic oxidation sites excluding steroid dienone is 2. The van der Waals surface area contributed by atoms with Gasteiger partial charge in [-0.2, -0.15) is 0 Å². The Balaban J connectivity index is 2.36. The van der Waals surface area contributed by atoms with Crippen molar-refractivity contribution in [2.24, 2.45) is 5.41 Å². The topological polar surface area (TPSA) is 37.4 Å². The number of amides is 2. The van der Waals surface area contributed by atoms with Crippen LogP contribution in [0.4, 0.5) is 0 Å². The molecule has 1 aliphatic heterocycles. The lowest BCUT2D eigenvalue weighted by atomic mass is 9.86. The molecular weight excluding hydrogens is 365 g/mol. The molecule has 102 valence electrons. The standard InChI is InChI=1S/C16H14INO2/c1-16(2)7-6-10-4-3-5-11-13(10)12(8-16)15(20)18(9-17)14(11)19/h3-8H,9H2,1-2H3. The quantitative estimate of drug-likeness (QED) is 0.324. The van der Waals surface area contributed by atoms with E-state index in [1.807, 2.05) is 46.9 Å². The van der Waals surface area contributed by atoms with E-state index in [0.29, 0.717) is 15.7 Å². The minimum atomic E-state index is -0.210. The van der Waals surface area contributed by atoms with Gasteiger partial charge >= 0.3 is 0 Å². The maximum atomic E-state index is 12.6. The van der Waals surface area contributed by atoms with Gasteiger partial charge in [0, 0.05) is 22.1 Å². The molecule has 4 heteroatoms. The number of halogens is 1. The predicted octanol–water partition coefficient (Wildman–Crippen LogP) is 3.50. The second-order valence-electron chi connectivity index (χ2n) is 5.64. The molecule has 0 N–H and O–H groups in total. The normalized spacial score (nSPS) is 19.6. The van der Waals surface area contributed by atoms with Crippen molar-refractivity contribution >= 4 is 46.1 Å². The van der Waals surface area contributed by atoms with Crippen LogP contribution in [0.15, 0.2) is 30.4 Å². The van der Waals surface area contributed by atoms with Gasteiger partial charge in [0.05, 0.1) is 4.55 Å². The summed E-state index contributed by atoms with van der Waals surface area (Å²) in [6.07, 6.45) is 6.04. The molecule has 3 nitrogen and oxygen atoms in total. The molecule has 0 saturated heterocycles. The summed E-state index contributed by atoms with van der Waals surface area (Å²) in [5.74, 6) is -0.396. The highest BCUT2D eigenvalue weighted by molar-refractivity contribution is 14.1. The van der Waals surface area contributed by atoms with Crippen LogP contribution in [0.2, 0.25) is 0 Å². The van der Waals surface area contributed by atoms with Crippen molar-refractivity contribution in [3.05, 3.63) is 47.0 Å². The van der Waals surface area contributed by atoms with E-state index in [2.05, 4.69) is 19.9 Å². The van der Waals surface area contributed by atoms with E-state index in [0.717, 1.165) is 11.1 Å². The molecule has 0 radical (unpaired) electrons. The van der Waals surface area contributed by atoms with Crippen LogP contribution in [0.5, 0.6) is 0 Å². The summed E-state index contributed by atoms with van der Waals surface area (Å²) in [6.45, 7) is 4.11. The largest absolute Gasteiger partial charge is 0.269 e. The second kappa shape index (κ2) is 4.55. The summed E-state index contributed by atoms with van der Waals surface area (Å²) < 4.78 is 0.365. The van der Waals surface area contributed by atoms with Gasteiger partial charge in [-0.1, -0.05) is 66.8 Å². The highest BCUT2D eigenvalue weighted by Crippen LogP contribution is 2.38. The van der Waals surface area contributed by atoms with Crippen LogP contribution >= 0.6 is 22.6 Å². The van der Waals surface area contributed by atoms with E-state index in [9.17, 15) is 9.59 Å². The van der Waals surface area contributed by atoms with Crippen LogP contribution in [0, 0.1) is 5.41 Å². The molecular formula is C16H14INO2. The van der Waals surface area contributed by atoms with Crippen LogP contribution < -0.4 is 0 Å². The average molecular weight is 379 g/mol. The van der Waals surface area contributed by atoms with Gasteiger partial charge in [-0.25, -0.2) is 0 Å². The molecule has 1 heterocycles. The fourth-order valence-corrected chi connectivity index (χ4v) is 3.26.